The number of primary amides is 1. The van der Waals surface area contributed by atoms with Crippen molar-refractivity contribution in [3.63, 3.8) is 0 Å². The van der Waals surface area contributed by atoms with Crippen LogP contribution >= 0.6 is 15.9 Å². The molecule has 0 aliphatic heterocycles. The lowest BCUT2D eigenvalue weighted by molar-refractivity contribution is -0.137. The number of halogens is 4. The lowest BCUT2D eigenvalue weighted by Gasteiger charge is -2.12. The Balaban J connectivity index is 2.45. The van der Waals surface area contributed by atoms with Crippen molar-refractivity contribution in [1.29, 1.82) is 0 Å². The molecule has 0 unspecified atom stereocenters. The standard InChI is InChI=1S/C15H11BrF3NO/c16-13-4-2-1-3-10(13)7-9-5-6-11(15(17,18)19)8-12(9)14(20)21/h1-6,8H,7H2,(H2,20,21). The van der Waals surface area contributed by atoms with Gasteiger partial charge in [0.25, 0.3) is 0 Å². The third-order valence-electron chi connectivity index (χ3n) is 3.04. The van der Waals surface area contributed by atoms with E-state index in [1.807, 2.05) is 24.3 Å². The largest absolute Gasteiger partial charge is 0.416 e. The van der Waals surface area contributed by atoms with Crippen molar-refractivity contribution >= 4 is 21.8 Å². The minimum Gasteiger partial charge on any atom is -0.366 e. The number of alkyl halides is 3. The lowest BCUT2D eigenvalue weighted by Crippen LogP contribution is -2.16. The van der Waals surface area contributed by atoms with Gasteiger partial charge in [0.1, 0.15) is 0 Å². The zero-order valence-corrected chi connectivity index (χ0v) is 12.3. The average Bonchev–Trinajstić information content (AvgIpc) is 2.40. The predicted molar refractivity (Wildman–Crippen MR) is 76.9 cm³/mol. The Morgan fingerprint density at radius 2 is 1.76 bits per heavy atom. The van der Waals surface area contributed by atoms with Crippen LogP contribution < -0.4 is 5.73 Å². The molecule has 0 saturated heterocycles. The molecule has 0 saturated carbocycles. The summed E-state index contributed by atoms with van der Waals surface area (Å²) >= 11 is 3.37. The fourth-order valence-electron chi connectivity index (χ4n) is 1.98. The lowest BCUT2D eigenvalue weighted by atomic mass is 9.97. The third kappa shape index (κ3) is 3.64. The monoisotopic (exact) mass is 357 g/mol. The van der Waals surface area contributed by atoms with Crippen LogP contribution in [0.15, 0.2) is 46.9 Å². The van der Waals surface area contributed by atoms with Crippen molar-refractivity contribution < 1.29 is 18.0 Å². The summed E-state index contributed by atoms with van der Waals surface area (Å²) in [6.45, 7) is 0. The number of amides is 1. The normalized spacial score (nSPS) is 11.4. The number of hydrogen-bond acceptors (Lipinski definition) is 1. The van der Waals surface area contributed by atoms with Crippen LogP contribution in [0.5, 0.6) is 0 Å². The fraction of sp³-hybridized carbons (Fsp3) is 0.133. The highest BCUT2D eigenvalue weighted by Gasteiger charge is 2.31. The van der Waals surface area contributed by atoms with Crippen LogP contribution in [-0.2, 0) is 12.6 Å². The molecule has 21 heavy (non-hydrogen) atoms. The van der Waals surface area contributed by atoms with Gasteiger partial charge in [0, 0.05) is 10.0 Å². The van der Waals surface area contributed by atoms with Crippen LogP contribution in [0.25, 0.3) is 0 Å². The second-order valence-corrected chi connectivity index (χ2v) is 5.36. The maximum atomic E-state index is 12.7. The second kappa shape index (κ2) is 5.89. The predicted octanol–water partition coefficient (Wildman–Crippen LogP) is 4.16. The summed E-state index contributed by atoms with van der Waals surface area (Å²) in [5.41, 5.74) is 5.53. The van der Waals surface area contributed by atoms with E-state index in [2.05, 4.69) is 15.9 Å². The summed E-state index contributed by atoms with van der Waals surface area (Å²) in [7, 11) is 0. The highest BCUT2D eigenvalue weighted by molar-refractivity contribution is 9.10. The van der Waals surface area contributed by atoms with Gasteiger partial charge >= 0.3 is 6.18 Å². The van der Waals surface area contributed by atoms with Gasteiger partial charge in [-0.25, -0.2) is 0 Å². The van der Waals surface area contributed by atoms with Crippen LogP contribution in [0.4, 0.5) is 13.2 Å². The average molecular weight is 358 g/mol. The van der Waals surface area contributed by atoms with Gasteiger partial charge in [0.15, 0.2) is 0 Å². The van der Waals surface area contributed by atoms with Crippen molar-refractivity contribution in [3.05, 3.63) is 69.2 Å². The molecule has 110 valence electrons. The van der Waals surface area contributed by atoms with Gasteiger partial charge in [-0.15, -0.1) is 0 Å². The van der Waals surface area contributed by atoms with Crippen molar-refractivity contribution in [2.75, 3.05) is 0 Å². The molecule has 0 aliphatic rings. The van der Waals surface area contributed by atoms with E-state index >= 15 is 0 Å². The summed E-state index contributed by atoms with van der Waals surface area (Å²) < 4.78 is 38.9. The number of nitrogens with two attached hydrogens (primary N) is 1. The van der Waals surface area contributed by atoms with E-state index in [-0.39, 0.29) is 5.56 Å². The van der Waals surface area contributed by atoms with Gasteiger partial charge in [-0.1, -0.05) is 40.2 Å². The molecule has 6 heteroatoms. The first kappa shape index (κ1) is 15.6. The Labute approximate surface area is 127 Å². The number of hydrogen-bond donors (Lipinski definition) is 1. The van der Waals surface area contributed by atoms with E-state index in [0.717, 1.165) is 22.2 Å². The molecule has 0 aliphatic carbocycles. The number of benzene rings is 2. The van der Waals surface area contributed by atoms with Gasteiger partial charge in [0.05, 0.1) is 5.56 Å². The summed E-state index contributed by atoms with van der Waals surface area (Å²) in [5, 5.41) is 0. The van der Waals surface area contributed by atoms with Crippen LogP contribution in [0.2, 0.25) is 0 Å². The third-order valence-corrected chi connectivity index (χ3v) is 3.82. The minimum atomic E-state index is -4.50. The Hall–Kier alpha value is -1.82. The Morgan fingerprint density at radius 3 is 2.33 bits per heavy atom. The Bertz CT molecular complexity index is 683. The van der Waals surface area contributed by atoms with E-state index in [9.17, 15) is 18.0 Å². The van der Waals surface area contributed by atoms with Crippen LogP contribution in [-0.4, -0.2) is 5.91 Å². The molecule has 2 nitrogen and oxygen atoms in total. The van der Waals surface area contributed by atoms with E-state index in [4.69, 9.17) is 5.73 Å². The maximum absolute atomic E-state index is 12.7. The summed E-state index contributed by atoms with van der Waals surface area (Å²) in [6.07, 6.45) is -4.19. The highest BCUT2D eigenvalue weighted by atomic mass is 79.9. The molecule has 2 N–H and O–H groups in total. The van der Waals surface area contributed by atoms with E-state index in [0.29, 0.717) is 12.0 Å². The number of carbonyl (C=O) groups is 1. The number of rotatable bonds is 3. The molecule has 2 aromatic carbocycles. The molecule has 0 aromatic heterocycles. The van der Waals surface area contributed by atoms with Crippen molar-refractivity contribution in [1.82, 2.24) is 0 Å². The van der Waals surface area contributed by atoms with Crippen LogP contribution in [0.1, 0.15) is 27.0 Å². The minimum absolute atomic E-state index is 0.111. The smallest absolute Gasteiger partial charge is 0.366 e. The molecule has 0 spiro atoms. The first-order valence-corrected chi connectivity index (χ1v) is 6.81. The van der Waals surface area contributed by atoms with Gasteiger partial charge in [-0.05, 0) is 35.7 Å². The Morgan fingerprint density at radius 1 is 1.10 bits per heavy atom. The zero-order valence-electron chi connectivity index (χ0n) is 10.7. The van der Waals surface area contributed by atoms with Gasteiger partial charge in [0.2, 0.25) is 5.91 Å². The van der Waals surface area contributed by atoms with Gasteiger partial charge in [-0.2, -0.15) is 13.2 Å². The summed E-state index contributed by atoms with van der Waals surface area (Å²) in [4.78, 5) is 11.4. The SMILES string of the molecule is NC(=O)c1cc(C(F)(F)F)ccc1Cc1ccccc1Br. The molecular weight excluding hydrogens is 347 g/mol. The quantitative estimate of drug-likeness (QED) is 0.880. The van der Waals surface area contributed by atoms with Crippen molar-refractivity contribution in [3.8, 4) is 0 Å². The molecule has 2 aromatic rings. The van der Waals surface area contributed by atoms with Crippen LogP contribution in [0.3, 0.4) is 0 Å². The van der Waals surface area contributed by atoms with Gasteiger partial charge in [-0.3, -0.25) is 4.79 Å². The first-order chi connectivity index (χ1) is 9.79. The van der Waals surface area contributed by atoms with Gasteiger partial charge < -0.3 is 5.73 Å². The van der Waals surface area contributed by atoms with Crippen LogP contribution in [0, 0.1) is 0 Å². The molecule has 0 heterocycles. The van der Waals surface area contributed by atoms with E-state index in [1.54, 1.807) is 0 Å². The molecule has 0 radical (unpaired) electrons. The van der Waals surface area contributed by atoms with Crippen molar-refractivity contribution in [2.45, 2.75) is 12.6 Å². The number of carbonyl (C=O) groups excluding carboxylic acids is 1. The molecular formula is C15H11BrF3NO. The molecule has 2 rings (SSSR count). The Kier molecular flexibility index (Phi) is 4.37. The second-order valence-electron chi connectivity index (χ2n) is 4.50. The maximum Gasteiger partial charge on any atom is 0.416 e. The summed E-state index contributed by atoms with van der Waals surface area (Å²) in [5.74, 6) is -0.872. The topological polar surface area (TPSA) is 43.1 Å². The fourth-order valence-corrected chi connectivity index (χ4v) is 2.41. The zero-order chi connectivity index (χ0) is 15.6. The molecule has 0 fully saturated rings. The van der Waals surface area contributed by atoms with E-state index in [1.165, 1.54) is 6.07 Å². The molecule has 1 amide bonds. The highest BCUT2D eigenvalue weighted by Crippen LogP contribution is 2.31. The van der Waals surface area contributed by atoms with E-state index < -0.39 is 17.6 Å². The van der Waals surface area contributed by atoms with Crippen molar-refractivity contribution in [2.24, 2.45) is 5.73 Å². The molecule has 0 atom stereocenters. The first-order valence-electron chi connectivity index (χ1n) is 6.02. The molecule has 0 bridgehead atoms. The summed E-state index contributed by atoms with van der Waals surface area (Å²) in [6, 6.07) is 10.3.